The molecule has 0 unspecified atom stereocenters. The molecule has 1 N–H and O–H groups in total. The molecule has 0 radical (unpaired) electrons. The Labute approximate surface area is 229 Å². The van der Waals surface area contributed by atoms with Crippen molar-refractivity contribution < 1.29 is 0 Å². The number of rotatable bonds is 19. The molecule has 0 bridgehead atoms. The van der Waals surface area contributed by atoms with Crippen molar-refractivity contribution in [3.8, 4) is 6.07 Å². The Hall–Kier alpha value is -2.99. The van der Waals surface area contributed by atoms with Crippen molar-refractivity contribution in [2.24, 2.45) is 7.05 Å². The molecule has 8 nitrogen and oxygen atoms in total. The van der Waals surface area contributed by atoms with Crippen molar-refractivity contribution in [3.05, 3.63) is 71.8 Å². The van der Waals surface area contributed by atoms with Crippen molar-refractivity contribution in [1.82, 2.24) is 34.2 Å². The second kappa shape index (κ2) is 16.8. The van der Waals surface area contributed by atoms with Gasteiger partial charge in [0, 0.05) is 57.9 Å². The van der Waals surface area contributed by atoms with E-state index in [1.54, 1.807) is 6.20 Å². The molecule has 38 heavy (non-hydrogen) atoms. The molecular weight excluding hydrogens is 472 g/mol. The van der Waals surface area contributed by atoms with Crippen molar-refractivity contribution in [2.45, 2.75) is 72.1 Å². The van der Waals surface area contributed by atoms with Gasteiger partial charge in [0.05, 0.1) is 19.2 Å². The van der Waals surface area contributed by atoms with Gasteiger partial charge in [-0.1, -0.05) is 38.1 Å². The molecule has 3 rings (SSSR count). The van der Waals surface area contributed by atoms with Crippen molar-refractivity contribution in [2.75, 3.05) is 32.7 Å². The number of aromatic nitrogens is 4. The monoisotopic (exact) mass is 518 g/mol. The molecule has 2 heterocycles. The summed E-state index contributed by atoms with van der Waals surface area (Å²) in [5.74, 6) is 1.99. The minimum absolute atomic E-state index is 0.574. The summed E-state index contributed by atoms with van der Waals surface area (Å²) < 4.78 is 2.07. The van der Waals surface area contributed by atoms with Crippen LogP contribution >= 0.6 is 0 Å². The highest BCUT2D eigenvalue weighted by molar-refractivity contribution is 5.22. The lowest BCUT2D eigenvalue weighted by atomic mass is 10.1. The van der Waals surface area contributed by atoms with Crippen LogP contribution in [0.2, 0.25) is 0 Å². The summed E-state index contributed by atoms with van der Waals surface area (Å²) in [5, 5.41) is 9.16. The maximum Gasteiger partial charge on any atom is 0.122 e. The molecule has 0 aliphatic heterocycles. The normalized spacial score (nSPS) is 11.6. The summed E-state index contributed by atoms with van der Waals surface area (Å²) in [6, 6.07) is 11.3. The van der Waals surface area contributed by atoms with Crippen LogP contribution in [0.15, 0.2) is 49.1 Å². The smallest absolute Gasteiger partial charge is 0.122 e. The van der Waals surface area contributed by atoms with Crippen molar-refractivity contribution >= 4 is 0 Å². The third kappa shape index (κ3) is 10.4. The quantitative estimate of drug-likeness (QED) is 0.226. The first-order chi connectivity index (χ1) is 18.6. The van der Waals surface area contributed by atoms with Gasteiger partial charge in [-0.05, 0) is 63.0 Å². The highest BCUT2D eigenvalue weighted by Gasteiger charge is 2.13. The van der Waals surface area contributed by atoms with Gasteiger partial charge in [-0.25, -0.2) is 9.97 Å². The van der Waals surface area contributed by atoms with E-state index in [4.69, 9.17) is 5.26 Å². The molecule has 8 heteroatoms. The third-order valence-electron chi connectivity index (χ3n) is 6.87. The van der Waals surface area contributed by atoms with Gasteiger partial charge in [0.15, 0.2) is 0 Å². The lowest BCUT2D eigenvalue weighted by molar-refractivity contribution is 0.233. The number of hydrogen-bond acceptors (Lipinski definition) is 6. The van der Waals surface area contributed by atoms with Crippen LogP contribution in [-0.2, 0) is 33.2 Å². The molecule has 0 aliphatic carbocycles. The van der Waals surface area contributed by atoms with E-state index >= 15 is 0 Å². The van der Waals surface area contributed by atoms with Gasteiger partial charge in [-0.2, -0.15) is 5.26 Å². The van der Waals surface area contributed by atoms with Gasteiger partial charge in [0.2, 0.25) is 0 Å². The van der Waals surface area contributed by atoms with Gasteiger partial charge in [0.25, 0.3) is 0 Å². The Morgan fingerprint density at radius 2 is 1.45 bits per heavy atom. The Balaban J connectivity index is 1.55. The summed E-state index contributed by atoms with van der Waals surface area (Å²) in [6.07, 6.45) is 12.9. The number of aromatic amines is 1. The molecule has 0 fully saturated rings. The SMILES string of the molecule is CCCN(CCC)CCCCN(CCC#N)Cc1ccc(CN(Cc2ncc[nH]2)Cc2nccn2C)cc1. The van der Waals surface area contributed by atoms with E-state index in [2.05, 4.69) is 78.4 Å². The van der Waals surface area contributed by atoms with E-state index in [0.717, 1.165) is 50.9 Å². The zero-order valence-electron chi connectivity index (χ0n) is 23.6. The van der Waals surface area contributed by atoms with E-state index in [9.17, 15) is 0 Å². The van der Waals surface area contributed by atoms with E-state index in [0.29, 0.717) is 6.42 Å². The molecule has 0 spiro atoms. The number of imidazole rings is 2. The molecule has 206 valence electrons. The molecular formula is C30H46N8. The number of unbranched alkanes of at least 4 members (excludes halogenated alkanes) is 1. The molecule has 0 atom stereocenters. The predicted molar refractivity (Wildman–Crippen MR) is 153 cm³/mol. The summed E-state index contributed by atoms with van der Waals surface area (Å²) >= 11 is 0. The minimum Gasteiger partial charge on any atom is -0.348 e. The summed E-state index contributed by atoms with van der Waals surface area (Å²) in [5.41, 5.74) is 2.57. The number of nitrogens with zero attached hydrogens (tertiary/aromatic N) is 7. The molecule has 2 aromatic heterocycles. The first-order valence-electron chi connectivity index (χ1n) is 14.2. The van der Waals surface area contributed by atoms with Gasteiger partial charge in [0.1, 0.15) is 11.6 Å². The molecule has 0 amide bonds. The lowest BCUT2D eigenvalue weighted by Gasteiger charge is -2.24. The number of hydrogen-bond donors (Lipinski definition) is 1. The second-order valence-electron chi connectivity index (χ2n) is 10.2. The molecule has 0 aliphatic rings. The fourth-order valence-corrected chi connectivity index (χ4v) is 4.90. The topological polar surface area (TPSA) is 80.0 Å². The highest BCUT2D eigenvalue weighted by atomic mass is 15.2. The van der Waals surface area contributed by atoms with Crippen LogP contribution in [0.1, 0.15) is 68.7 Å². The van der Waals surface area contributed by atoms with Crippen LogP contribution in [0, 0.1) is 11.3 Å². The minimum atomic E-state index is 0.574. The Morgan fingerprint density at radius 1 is 0.789 bits per heavy atom. The Morgan fingerprint density at radius 3 is 2.00 bits per heavy atom. The third-order valence-corrected chi connectivity index (χ3v) is 6.87. The lowest BCUT2D eigenvalue weighted by Crippen LogP contribution is -2.29. The van der Waals surface area contributed by atoms with Gasteiger partial charge >= 0.3 is 0 Å². The Bertz CT molecular complexity index is 1040. The van der Waals surface area contributed by atoms with Crippen molar-refractivity contribution in [1.29, 1.82) is 5.26 Å². The molecule has 3 aromatic rings. The zero-order valence-corrected chi connectivity index (χ0v) is 23.6. The van der Waals surface area contributed by atoms with Crippen molar-refractivity contribution in [3.63, 3.8) is 0 Å². The highest BCUT2D eigenvalue weighted by Crippen LogP contribution is 2.14. The van der Waals surface area contributed by atoms with Gasteiger partial charge in [-0.15, -0.1) is 0 Å². The molecule has 0 saturated carbocycles. The zero-order chi connectivity index (χ0) is 27.0. The number of nitrogens with one attached hydrogen (secondary N) is 1. The maximum atomic E-state index is 9.16. The van der Waals surface area contributed by atoms with Crippen LogP contribution in [0.4, 0.5) is 0 Å². The number of nitriles is 1. The summed E-state index contributed by atoms with van der Waals surface area (Å²) in [6.45, 7) is 13.1. The molecule has 1 aromatic carbocycles. The van der Waals surface area contributed by atoms with E-state index in [1.807, 2.05) is 25.6 Å². The maximum absolute atomic E-state index is 9.16. The van der Waals surface area contributed by atoms with Gasteiger partial charge in [-0.3, -0.25) is 9.80 Å². The van der Waals surface area contributed by atoms with Crippen LogP contribution in [-0.4, -0.2) is 66.9 Å². The van der Waals surface area contributed by atoms with Crippen LogP contribution < -0.4 is 0 Å². The summed E-state index contributed by atoms with van der Waals surface area (Å²) in [7, 11) is 2.03. The first kappa shape index (κ1) is 29.6. The average Bonchev–Trinajstić information content (AvgIpc) is 3.58. The fourth-order valence-electron chi connectivity index (χ4n) is 4.90. The van der Waals surface area contributed by atoms with Crippen LogP contribution in [0.3, 0.4) is 0 Å². The standard InChI is InChI=1S/C30H46N8/c1-4-17-36(18-5-2)19-6-7-20-37(21-8-13-31)23-27-9-11-28(12-10-27)24-38(25-29-32-14-15-33-29)26-30-34-16-22-35(30)3/h9-12,14-16,22H,4-8,17-21,23-26H2,1-3H3,(H,32,33). The first-order valence-corrected chi connectivity index (χ1v) is 14.2. The number of H-pyrrole nitrogens is 1. The summed E-state index contributed by atoms with van der Waals surface area (Å²) in [4.78, 5) is 19.5. The second-order valence-corrected chi connectivity index (χ2v) is 10.2. The van der Waals surface area contributed by atoms with E-state index in [1.165, 1.54) is 56.4 Å². The predicted octanol–water partition coefficient (Wildman–Crippen LogP) is 4.96. The average molecular weight is 519 g/mol. The van der Waals surface area contributed by atoms with Crippen LogP contribution in [0.5, 0.6) is 0 Å². The van der Waals surface area contributed by atoms with Gasteiger partial charge < -0.3 is 14.5 Å². The number of benzene rings is 1. The fraction of sp³-hybridized carbons (Fsp3) is 0.567. The van der Waals surface area contributed by atoms with E-state index < -0.39 is 0 Å². The number of aryl methyl sites for hydroxylation is 1. The largest absolute Gasteiger partial charge is 0.348 e. The Kier molecular flexibility index (Phi) is 13.0. The molecule has 0 saturated heterocycles. The van der Waals surface area contributed by atoms with E-state index in [-0.39, 0.29) is 0 Å². The van der Waals surface area contributed by atoms with Crippen LogP contribution in [0.25, 0.3) is 0 Å².